The van der Waals surface area contributed by atoms with E-state index in [2.05, 4.69) is 74.5 Å². The molecule has 2 rings (SSSR count). The number of aryl methyl sites for hydroxylation is 1. The SMILES string of the molecule is Cc1ccsc1C(Br)Cc1cccc(Br)c1. The lowest BCUT2D eigenvalue weighted by Crippen LogP contribution is -1.94. The predicted octanol–water partition coefficient (Wildman–Crippen LogP) is 5.50. The summed E-state index contributed by atoms with van der Waals surface area (Å²) in [6, 6.07) is 10.7. The first-order chi connectivity index (χ1) is 7.66. The molecule has 1 aromatic carbocycles. The monoisotopic (exact) mass is 358 g/mol. The van der Waals surface area contributed by atoms with Crippen LogP contribution in [0.1, 0.15) is 20.8 Å². The molecule has 1 aromatic heterocycles. The molecule has 0 amide bonds. The molecule has 1 unspecified atom stereocenters. The van der Waals surface area contributed by atoms with Gasteiger partial charge in [-0.1, -0.05) is 44.0 Å². The van der Waals surface area contributed by atoms with Gasteiger partial charge in [0.05, 0.1) is 4.83 Å². The van der Waals surface area contributed by atoms with Crippen LogP contribution in [-0.4, -0.2) is 0 Å². The third kappa shape index (κ3) is 2.96. The molecule has 3 heteroatoms. The summed E-state index contributed by atoms with van der Waals surface area (Å²) in [6.07, 6.45) is 1.03. The Balaban J connectivity index is 2.14. The first kappa shape index (κ1) is 12.3. The Kier molecular flexibility index (Phi) is 4.22. The average Bonchev–Trinajstić information content (AvgIpc) is 2.64. The number of alkyl halides is 1. The van der Waals surface area contributed by atoms with E-state index in [1.807, 2.05) is 11.3 Å². The fourth-order valence-corrected chi connectivity index (χ4v) is 4.08. The Hall–Kier alpha value is -0.120. The molecule has 16 heavy (non-hydrogen) atoms. The van der Waals surface area contributed by atoms with E-state index in [1.165, 1.54) is 16.0 Å². The van der Waals surface area contributed by atoms with Crippen LogP contribution in [0, 0.1) is 6.92 Å². The summed E-state index contributed by atoms with van der Waals surface area (Å²) < 4.78 is 1.15. The first-order valence-electron chi connectivity index (χ1n) is 5.09. The van der Waals surface area contributed by atoms with E-state index in [4.69, 9.17) is 0 Å². The second kappa shape index (κ2) is 5.48. The Bertz CT molecular complexity index is 476. The average molecular weight is 360 g/mol. The number of benzene rings is 1. The smallest absolute Gasteiger partial charge is 0.0532 e. The molecule has 0 saturated carbocycles. The summed E-state index contributed by atoms with van der Waals surface area (Å²) in [5, 5.41) is 2.15. The lowest BCUT2D eigenvalue weighted by atomic mass is 10.1. The van der Waals surface area contributed by atoms with Crippen LogP contribution in [-0.2, 0) is 6.42 Å². The zero-order valence-corrected chi connectivity index (χ0v) is 12.9. The maximum absolute atomic E-state index is 3.77. The first-order valence-corrected chi connectivity index (χ1v) is 7.68. The lowest BCUT2D eigenvalue weighted by molar-refractivity contribution is 0.960. The quantitative estimate of drug-likeness (QED) is 0.635. The van der Waals surface area contributed by atoms with Crippen LogP contribution >= 0.6 is 43.2 Å². The highest BCUT2D eigenvalue weighted by Crippen LogP contribution is 2.33. The topological polar surface area (TPSA) is 0 Å². The molecule has 0 nitrogen and oxygen atoms in total. The molecule has 0 aliphatic heterocycles. The number of halogens is 2. The van der Waals surface area contributed by atoms with Gasteiger partial charge >= 0.3 is 0 Å². The highest BCUT2D eigenvalue weighted by Gasteiger charge is 2.12. The molecule has 0 aliphatic rings. The summed E-state index contributed by atoms with van der Waals surface area (Å²) in [6.45, 7) is 2.17. The second-order valence-electron chi connectivity index (χ2n) is 3.77. The minimum absolute atomic E-state index is 0.418. The molecule has 0 fully saturated rings. The minimum Gasteiger partial charge on any atom is -0.147 e. The van der Waals surface area contributed by atoms with Crippen LogP contribution in [0.15, 0.2) is 40.2 Å². The van der Waals surface area contributed by atoms with E-state index in [9.17, 15) is 0 Å². The fourth-order valence-electron chi connectivity index (χ4n) is 1.67. The van der Waals surface area contributed by atoms with E-state index < -0.39 is 0 Å². The number of thiophene rings is 1. The van der Waals surface area contributed by atoms with Crippen LogP contribution in [0.4, 0.5) is 0 Å². The van der Waals surface area contributed by atoms with Crippen LogP contribution in [0.3, 0.4) is 0 Å². The van der Waals surface area contributed by atoms with E-state index >= 15 is 0 Å². The van der Waals surface area contributed by atoms with Crippen LogP contribution < -0.4 is 0 Å². The highest BCUT2D eigenvalue weighted by atomic mass is 79.9. The van der Waals surface area contributed by atoms with Gasteiger partial charge < -0.3 is 0 Å². The van der Waals surface area contributed by atoms with Gasteiger partial charge in [-0.05, 0) is 48.1 Å². The molecule has 0 bridgehead atoms. The van der Waals surface area contributed by atoms with Gasteiger partial charge in [-0.15, -0.1) is 11.3 Å². The Morgan fingerprint density at radius 2 is 2.12 bits per heavy atom. The summed E-state index contributed by atoms with van der Waals surface area (Å²) in [5.74, 6) is 0. The largest absolute Gasteiger partial charge is 0.147 e. The van der Waals surface area contributed by atoms with Crippen molar-refractivity contribution in [1.82, 2.24) is 0 Å². The maximum Gasteiger partial charge on any atom is 0.0532 e. The van der Waals surface area contributed by atoms with Gasteiger partial charge in [-0.3, -0.25) is 0 Å². The van der Waals surface area contributed by atoms with Gasteiger partial charge in [0.25, 0.3) is 0 Å². The van der Waals surface area contributed by atoms with E-state index in [0.29, 0.717) is 4.83 Å². The lowest BCUT2D eigenvalue weighted by Gasteiger charge is -2.09. The van der Waals surface area contributed by atoms with Crippen molar-refractivity contribution in [2.45, 2.75) is 18.2 Å². The Labute approximate surface area is 117 Å². The summed E-state index contributed by atoms with van der Waals surface area (Å²) in [4.78, 5) is 1.85. The van der Waals surface area contributed by atoms with Gasteiger partial charge in [0.2, 0.25) is 0 Å². The minimum atomic E-state index is 0.418. The van der Waals surface area contributed by atoms with Gasteiger partial charge in [0, 0.05) is 9.35 Å². The molecule has 0 N–H and O–H groups in total. The van der Waals surface area contributed by atoms with Crippen LogP contribution in [0.25, 0.3) is 0 Å². The molecule has 84 valence electrons. The third-order valence-corrected chi connectivity index (χ3v) is 5.20. The number of rotatable bonds is 3. The number of hydrogen-bond acceptors (Lipinski definition) is 1. The van der Waals surface area contributed by atoms with Crippen molar-refractivity contribution in [2.24, 2.45) is 0 Å². The second-order valence-corrected chi connectivity index (χ2v) is 6.74. The van der Waals surface area contributed by atoms with Gasteiger partial charge in [-0.25, -0.2) is 0 Å². The van der Waals surface area contributed by atoms with Crippen molar-refractivity contribution in [1.29, 1.82) is 0 Å². The zero-order valence-electron chi connectivity index (χ0n) is 8.91. The van der Waals surface area contributed by atoms with Gasteiger partial charge in [-0.2, -0.15) is 0 Å². The van der Waals surface area contributed by atoms with Crippen molar-refractivity contribution in [3.8, 4) is 0 Å². The maximum atomic E-state index is 3.77. The van der Waals surface area contributed by atoms with E-state index in [1.54, 1.807) is 0 Å². The summed E-state index contributed by atoms with van der Waals surface area (Å²) in [5.41, 5.74) is 2.73. The normalized spacial score (nSPS) is 12.7. The van der Waals surface area contributed by atoms with Crippen molar-refractivity contribution >= 4 is 43.2 Å². The van der Waals surface area contributed by atoms with E-state index in [-0.39, 0.29) is 0 Å². The zero-order chi connectivity index (χ0) is 11.5. The van der Waals surface area contributed by atoms with Gasteiger partial charge in [0.15, 0.2) is 0 Å². The molecule has 1 atom stereocenters. The number of hydrogen-bond donors (Lipinski definition) is 0. The molecule has 0 radical (unpaired) electrons. The third-order valence-electron chi connectivity index (χ3n) is 2.49. The fraction of sp³-hybridized carbons (Fsp3) is 0.231. The van der Waals surface area contributed by atoms with Crippen molar-refractivity contribution in [3.63, 3.8) is 0 Å². The van der Waals surface area contributed by atoms with Crippen molar-refractivity contribution < 1.29 is 0 Å². The van der Waals surface area contributed by atoms with E-state index in [0.717, 1.165) is 10.9 Å². The molecule has 2 aromatic rings. The Morgan fingerprint density at radius 3 is 2.75 bits per heavy atom. The van der Waals surface area contributed by atoms with Crippen molar-refractivity contribution in [3.05, 3.63) is 56.2 Å². The predicted molar refractivity (Wildman–Crippen MR) is 78.6 cm³/mol. The highest BCUT2D eigenvalue weighted by molar-refractivity contribution is 9.10. The molecule has 0 saturated heterocycles. The standard InChI is InChI=1S/C13H12Br2S/c1-9-5-6-16-13(9)12(15)8-10-3-2-4-11(14)7-10/h2-7,12H,8H2,1H3. The van der Waals surface area contributed by atoms with Crippen LogP contribution in [0.2, 0.25) is 0 Å². The van der Waals surface area contributed by atoms with Crippen LogP contribution in [0.5, 0.6) is 0 Å². The summed E-state index contributed by atoms with van der Waals surface area (Å²) in [7, 11) is 0. The molecule has 0 aliphatic carbocycles. The molecular weight excluding hydrogens is 348 g/mol. The molecule has 0 spiro atoms. The Morgan fingerprint density at radius 1 is 1.31 bits per heavy atom. The van der Waals surface area contributed by atoms with Gasteiger partial charge in [0.1, 0.15) is 0 Å². The molecule has 1 heterocycles. The summed E-state index contributed by atoms with van der Waals surface area (Å²) >= 11 is 9.10. The molecular formula is C13H12Br2S. The van der Waals surface area contributed by atoms with Crippen molar-refractivity contribution in [2.75, 3.05) is 0 Å².